The minimum absolute atomic E-state index is 0.0187. The van der Waals surface area contributed by atoms with Crippen molar-refractivity contribution in [1.29, 1.82) is 0 Å². The van der Waals surface area contributed by atoms with Crippen LogP contribution in [0.15, 0.2) is 24.5 Å². The highest BCUT2D eigenvalue weighted by molar-refractivity contribution is 5.59. The van der Waals surface area contributed by atoms with E-state index < -0.39 is 0 Å². The quantitative estimate of drug-likeness (QED) is 0.840. The lowest BCUT2D eigenvalue weighted by atomic mass is 9.95. The Bertz CT molecular complexity index is 716. The fraction of sp³-hybridized carbons (Fsp3) is 0.619. The summed E-state index contributed by atoms with van der Waals surface area (Å²) >= 11 is 0. The summed E-state index contributed by atoms with van der Waals surface area (Å²) < 4.78 is 13.8. The molecule has 2 fully saturated rings. The Hall–Kier alpha value is -1.92. The van der Waals surface area contributed by atoms with Crippen molar-refractivity contribution in [2.24, 2.45) is 5.92 Å². The molecule has 0 bridgehead atoms. The zero-order valence-electron chi connectivity index (χ0n) is 16.2. The van der Waals surface area contributed by atoms with E-state index in [0.29, 0.717) is 0 Å². The number of hydrogen-bond donors (Lipinski definition) is 1. The van der Waals surface area contributed by atoms with Crippen LogP contribution in [-0.2, 0) is 4.74 Å². The zero-order valence-corrected chi connectivity index (χ0v) is 16.2. The van der Waals surface area contributed by atoms with E-state index in [9.17, 15) is 0 Å². The SMILES string of the molecule is Cc1cnn(C2CCCCO2)c1-c1ccc(OCCC2CCNCC2)cn1. The number of aryl methyl sites for hydroxylation is 1. The maximum Gasteiger partial charge on any atom is 0.150 e. The van der Waals surface area contributed by atoms with E-state index in [0.717, 1.165) is 74.2 Å². The van der Waals surface area contributed by atoms with Crippen molar-refractivity contribution in [3.63, 3.8) is 0 Å². The third kappa shape index (κ3) is 4.50. The molecular weight excluding hydrogens is 340 g/mol. The standard InChI is InChI=1S/C21H30N4O2/c1-16-14-24-25(20-4-2-3-12-27-20)21(16)19-6-5-18(15-23-19)26-13-9-17-7-10-22-11-8-17/h5-6,14-15,17,20,22H,2-4,7-13H2,1H3. The minimum Gasteiger partial charge on any atom is -0.492 e. The van der Waals surface area contributed by atoms with Gasteiger partial charge in [0.15, 0.2) is 6.23 Å². The molecule has 0 aliphatic carbocycles. The van der Waals surface area contributed by atoms with Gasteiger partial charge in [0.25, 0.3) is 0 Å². The van der Waals surface area contributed by atoms with Crippen LogP contribution in [0.25, 0.3) is 11.4 Å². The average molecular weight is 370 g/mol. The lowest BCUT2D eigenvalue weighted by Crippen LogP contribution is -2.28. The Morgan fingerprint density at radius 3 is 2.81 bits per heavy atom. The van der Waals surface area contributed by atoms with Gasteiger partial charge < -0.3 is 14.8 Å². The second kappa shape index (κ2) is 8.85. The van der Waals surface area contributed by atoms with Gasteiger partial charge in [-0.1, -0.05) is 0 Å². The van der Waals surface area contributed by atoms with Gasteiger partial charge in [0, 0.05) is 6.61 Å². The molecule has 27 heavy (non-hydrogen) atoms. The Labute approximate surface area is 161 Å². The Morgan fingerprint density at radius 1 is 1.19 bits per heavy atom. The van der Waals surface area contributed by atoms with Crippen molar-refractivity contribution in [1.82, 2.24) is 20.1 Å². The molecule has 2 saturated heterocycles. The van der Waals surface area contributed by atoms with Crippen LogP contribution in [0.1, 0.15) is 50.3 Å². The number of rotatable bonds is 6. The Morgan fingerprint density at radius 2 is 2.07 bits per heavy atom. The molecule has 2 aromatic heterocycles. The van der Waals surface area contributed by atoms with Gasteiger partial charge >= 0.3 is 0 Å². The fourth-order valence-electron chi connectivity index (χ4n) is 4.02. The highest BCUT2D eigenvalue weighted by atomic mass is 16.5. The number of nitrogens with zero attached hydrogens (tertiary/aromatic N) is 3. The summed E-state index contributed by atoms with van der Waals surface area (Å²) in [6.07, 6.45) is 10.7. The highest BCUT2D eigenvalue weighted by Crippen LogP contribution is 2.30. The molecule has 146 valence electrons. The van der Waals surface area contributed by atoms with Crippen LogP contribution < -0.4 is 10.1 Å². The van der Waals surface area contributed by atoms with Gasteiger partial charge in [-0.25, -0.2) is 4.68 Å². The molecule has 0 amide bonds. The fourth-order valence-corrected chi connectivity index (χ4v) is 4.02. The third-order valence-corrected chi connectivity index (χ3v) is 5.64. The molecule has 4 heterocycles. The van der Waals surface area contributed by atoms with Crippen LogP contribution in [0.4, 0.5) is 0 Å². The first-order chi connectivity index (χ1) is 13.3. The largest absolute Gasteiger partial charge is 0.492 e. The van der Waals surface area contributed by atoms with E-state index in [-0.39, 0.29) is 6.23 Å². The van der Waals surface area contributed by atoms with Gasteiger partial charge in [-0.05, 0) is 82.2 Å². The molecule has 6 nitrogen and oxygen atoms in total. The van der Waals surface area contributed by atoms with E-state index in [1.165, 1.54) is 19.3 Å². The molecule has 0 aromatic carbocycles. The number of hydrogen-bond acceptors (Lipinski definition) is 5. The van der Waals surface area contributed by atoms with Crippen molar-refractivity contribution in [2.45, 2.75) is 51.7 Å². The Balaban J connectivity index is 1.39. The van der Waals surface area contributed by atoms with Crippen LogP contribution in [-0.4, -0.2) is 41.1 Å². The molecule has 2 aliphatic rings. The topological polar surface area (TPSA) is 61.2 Å². The molecule has 1 N–H and O–H groups in total. The monoisotopic (exact) mass is 370 g/mol. The first-order valence-corrected chi connectivity index (χ1v) is 10.3. The number of nitrogens with one attached hydrogen (secondary N) is 1. The molecule has 2 aliphatic heterocycles. The van der Waals surface area contributed by atoms with Crippen molar-refractivity contribution in [3.8, 4) is 17.1 Å². The summed E-state index contributed by atoms with van der Waals surface area (Å²) in [4.78, 5) is 4.65. The van der Waals surface area contributed by atoms with Gasteiger partial charge in [-0.3, -0.25) is 4.98 Å². The predicted octanol–water partition coefficient (Wildman–Crippen LogP) is 3.72. The molecule has 0 spiro atoms. The summed E-state index contributed by atoms with van der Waals surface area (Å²) in [5, 5.41) is 7.96. The molecule has 1 atom stereocenters. The van der Waals surface area contributed by atoms with Gasteiger partial charge in [0.2, 0.25) is 0 Å². The lowest BCUT2D eigenvalue weighted by molar-refractivity contribution is -0.0384. The summed E-state index contributed by atoms with van der Waals surface area (Å²) in [5.41, 5.74) is 3.09. The van der Waals surface area contributed by atoms with Gasteiger partial charge in [-0.2, -0.15) is 5.10 Å². The van der Waals surface area contributed by atoms with Gasteiger partial charge in [0.1, 0.15) is 5.75 Å². The summed E-state index contributed by atoms with van der Waals surface area (Å²) in [5.74, 6) is 1.62. The van der Waals surface area contributed by atoms with E-state index in [1.807, 2.05) is 29.2 Å². The lowest BCUT2D eigenvalue weighted by Gasteiger charge is -2.24. The Kier molecular flexibility index (Phi) is 6.04. The van der Waals surface area contributed by atoms with Crippen LogP contribution in [0, 0.1) is 12.8 Å². The van der Waals surface area contributed by atoms with Gasteiger partial charge in [-0.15, -0.1) is 0 Å². The predicted molar refractivity (Wildman–Crippen MR) is 105 cm³/mol. The molecule has 2 aromatic rings. The van der Waals surface area contributed by atoms with Crippen LogP contribution in [0.5, 0.6) is 5.75 Å². The van der Waals surface area contributed by atoms with Crippen LogP contribution >= 0.6 is 0 Å². The van der Waals surface area contributed by atoms with Crippen LogP contribution in [0.2, 0.25) is 0 Å². The summed E-state index contributed by atoms with van der Waals surface area (Å²) in [6, 6.07) is 4.05. The number of ether oxygens (including phenoxy) is 2. The zero-order chi connectivity index (χ0) is 18.5. The summed E-state index contributed by atoms with van der Waals surface area (Å²) in [6.45, 7) is 5.92. The minimum atomic E-state index is 0.0187. The second-order valence-electron chi connectivity index (χ2n) is 7.65. The van der Waals surface area contributed by atoms with Crippen LogP contribution in [0.3, 0.4) is 0 Å². The van der Waals surface area contributed by atoms with E-state index in [1.54, 1.807) is 0 Å². The summed E-state index contributed by atoms with van der Waals surface area (Å²) in [7, 11) is 0. The maximum absolute atomic E-state index is 5.93. The number of piperidine rings is 1. The first kappa shape index (κ1) is 18.4. The van der Waals surface area contributed by atoms with Gasteiger partial charge in [0.05, 0.1) is 30.4 Å². The van der Waals surface area contributed by atoms with E-state index in [4.69, 9.17) is 9.47 Å². The van der Waals surface area contributed by atoms with Crippen molar-refractivity contribution in [2.75, 3.05) is 26.3 Å². The second-order valence-corrected chi connectivity index (χ2v) is 7.65. The van der Waals surface area contributed by atoms with Crippen molar-refractivity contribution < 1.29 is 9.47 Å². The normalized spacial score (nSPS) is 21.3. The molecule has 0 radical (unpaired) electrons. The molecular formula is C21H30N4O2. The highest BCUT2D eigenvalue weighted by Gasteiger charge is 2.22. The third-order valence-electron chi connectivity index (χ3n) is 5.64. The van der Waals surface area contributed by atoms with E-state index >= 15 is 0 Å². The van der Waals surface area contributed by atoms with Crippen molar-refractivity contribution >= 4 is 0 Å². The van der Waals surface area contributed by atoms with Crippen molar-refractivity contribution in [3.05, 3.63) is 30.1 Å². The smallest absolute Gasteiger partial charge is 0.150 e. The van der Waals surface area contributed by atoms with E-state index in [2.05, 4.69) is 22.3 Å². The molecule has 0 saturated carbocycles. The number of pyridine rings is 1. The first-order valence-electron chi connectivity index (χ1n) is 10.3. The molecule has 6 heteroatoms. The average Bonchev–Trinajstić information content (AvgIpc) is 3.11. The number of aromatic nitrogens is 3. The maximum atomic E-state index is 5.93. The molecule has 4 rings (SSSR count). The molecule has 1 unspecified atom stereocenters.